The number of carbonyl (C=O) groups is 1. The van der Waals surface area contributed by atoms with E-state index >= 15 is 0 Å². The van der Waals surface area contributed by atoms with Crippen molar-refractivity contribution in [3.63, 3.8) is 0 Å². The number of methoxy groups -OCH3 is 1. The van der Waals surface area contributed by atoms with Crippen LogP contribution >= 0.6 is 0 Å². The van der Waals surface area contributed by atoms with Crippen LogP contribution in [-0.2, 0) is 4.79 Å². The Kier molecular flexibility index (Phi) is 4.31. The minimum atomic E-state index is -1.26. The van der Waals surface area contributed by atoms with Crippen LogP contribution in [0.1, 0.15) is 20.3 Å². The maximum atomic E-state index is 11.2. The quantitative estimate of drug-likeness (QED) is 0.606. The summed E-state index contributed by atoms with van der Waals surface area (Å²) in [6.45, 7) is 3.17. The molecule has 1 atom stereocenters. The second kappa shape index (κ2) is 5.55. The van der Waals surface area contributed by atoms with Gasteiger partial charge in [0.1, 0.15) is 17.0 Å². The van der Waals surface area contributed by atoms with E-state index in [1.54, 1.807) is 6.92 Å². The van der Waals surface area contributed by atoms with Gasteiger partial charge in [-0.3, -0.25) is 10.1 Å². The van der Waals surface area contributed by atoms with E-state index in [-0.39, 0.29) is 17.8 Å². The average molecular weight is 268 g/mol. The van der Waals surface area contributed by atoms with E-state index in [4.69, 9.17) is 9.84 Å². The number of nitrogens with zero attached hydrogens (tertiary/aromatic N) is 1. The summed E-state index contributed by atoms with van der Waals surface area (Å²) in [7, 11) is 1.40. The molecule has 7 heteroatoms. The molecule has 1 rings (SSSR count). The lowest BCUT2D eigenvalue weighted by Crippen LogP contribution is -2.42. The molecule has 0 saturated heterocycles. The summed E-state index contributed by atoms with van der Waals surface area (Å²) in [5.41, 5.74) is -1.34. The SMILES string of the molecule is CCC(C)(Nc1ccc(OC)cc1[N+](=O)[O-])C(=O)O. The molecule has 0 aliphatic heterocycles. The van der Waals surface area contributed by atoms with Gasteiger partial charge in [0.2, 0.25) is 0 Å². The fourth-order valence-electron chi connectivity index (χ4n) is 1.49. The number of nitro groups is 1. The molecule has 0 aliphatic carbocycles. The average Bonchev–Trinajstić information content (AvgIpc) is 2.38. The van der Waals surface area contributed by atoms with Crippen molar-refractivity contribution in [2.24, 2.45) is 0 Å². The molecule has 0 aliphatic rings. The van der Waals surface area contributed by atoms with E-state index in [1.165, 1.54) is 32.2 Å². The van der Waals surface area contributed by atoms with Gasteiger partial charge in [0.25, 0.3) is 5.69 Å². The van der Waals surface area contributed by atoms with Crippen LogP contribution in [0.15, 0.2) is 18.2 Å². The predicted octanol–water partition coefficient (Wildman–Crippen LogP) is 2.27. The number of anilines is 1. The number of carboxylic acid groups (broad SMARTS) is 1. The standard InChI is InChI=1S/C12H16N2O5/c1-4-12(2,11(15)16)13-9-6-5-8(19-3)7-10(9)14(17)18/h5-7,13H,4H2,1-3H3,(H,15,16). The second-order valence-electron chi connectivity index (χ2n) is 4.26. The summed E-state index contributed by atoms with van der Waals surface area (Å²) in [6, 6.07) is 4.22. The summed E-state index contributed by atoms with van der Waals surface area (Å²) >= 11 is 0. The van der Waals surface area contributed by atoms with Gasteiger partial charge in [-0.25, -0.2) is 4.79 Å². The topological polar surface area (TPSA) is 102 Å². The molecule has 2 N–H and O–H groups in total. The van der Waals surface area contributed by atoms with Crippen molar-refractivity contribution in [2.75, 3.05) is 12.4 Å². The minimum Gasteiger partial charge on any atom is -0.496 e. The van der Waals surface area contributed by atoms with Crippen molar-refractivity contribution in [1.82, 2.24) is 0 Å². The van der Waals surface area contributed by atoms with Gasteiger partial charge in [-0.2, -0.15) is 0 Å². The number of aliphatic carboxylic acids is 1. The van der Waals surface area contributed by atoms with Crippen molar-refractivity contribution in [2.45, 2.75) is 25.8 Å². The first-order valence-corrected chi connectivity index (χ1v) is 5.68. The van der Waals surface area contributed by atoms with Gasteiger partial charge in [-0.15, -0.1) is 0 Å². The molecule has 1 unspecified atom stereocenters. The molecule has 0 bridgehead atoms. The van der Waals surface area contributed by atoms with Crippen LogP contribution in [-0.4, -0.2) is 28.6 Å². The van der Waals surface area contributed by atoms with Gasteiger partial charge in [0.15, 0.2) is 0 Å². The molecule has 104 valence electrons. The second-order valence-corrected chi connectivity index (χ2v) is 4.26. The van der Waals surface area contributed by atoms with Crippen molar-refractivity contribution in [1.29, 1.82) is 0 Å². The van der Waals surface area contributed by atoms with Crippen molar-refractivity contribution < 1.29 is 19.6 Å². The largest absolute Gasteiger partial charge is 0.496 e. The number of hydrogen-bond donors (Lipinski definition) is 2. The highest BCUT2D eigenvalue weighted by molar-refractivity contribution is 5.83. The minimum absolute atomic E-state index is 0.151. The fraction of sp³-hybridized carbons (Fsp3) is 0.417. The maximum absolute atomic E-state index is 11.2. The molecule has 0 aromatic heterocycles. The van der Waals surface area contributed by atoms with Crippen LogP contribution in [0, 0.1) is 10.1 Å². The molecule has 1 aromatic carbocycles. The third-order valence-corrected chi connectivity index (χ3v) is 2.99. The smallest absolute Gasteiger partial charge is 0.329 e. The summed E-state index contributed by atoms with van der Waals surface area (Å²) in [5.74, 6) is -0.731. The van der Waals surface area contributed by atoms with Crippen LogP contribution in [0.3, 0.4) is 0 Å². The Balaban J connectivity index is 3.20. The number of nitrogens with one attached hydrogen (secondary N) is 1. The zero-order chi connectivity index (χ0) is 14.6. The molecule has 7 nitrogen and oxygen atoms in total. The maximum Gasteiger partial charge on any atom is 0.329 e. The number of hydrogen-bond acceptors (Lipinski definition) is 5. The Bertz CT molecular complexity index is 503. The van der Waals surface area contributed by atoms with Crippen molar-refractivity contribution in [3.8, 4) is 5.75 Å². The fourth-order valence-corrected chi connectivity index (χ4v) is 1.49. The van der Waals surface area contributed by atoms with E-state index in [0.29, 0.717) is 5.75 Å². The van der Waals surface area contributed by atoms with Gasteiger partial charge in [-0.05, 0) is 25.5 Å². The number of nitro benzene ring substituents is 1. The van der Waals surface area contributed by atoms with Crippen LogP contribution in [0.2, 0.25) is 0 Å². The number of benzene rings is 1. The predicted molar refractivity (Wildman–Crippen MR) is 69.6 cm³/mol. The third kappa shape index (κ3) is 3.12. The first-order valence-electron chi connectivity index (χ1n) is 5.68. The Morgan fingerprint density at radius 2 is 2.21 bits per heavy atom. The lowest BCUT2D eigenvalue weighted by molar-refractivity contribution is -0.384. The normalized spacial score (nSPS) is 13.4. The molecule has 0 fully saturated rings. The Hall–Kier alpha value is -2.31. The van der Waals surface area contributed by atoms with Gasteiger partial charge in [-0.1, -0.05) is 6.92 Å². The first kappa shape index (κ1) is 14.7. The lowest BCUT2D eigenvalue weighted by Gasteiger charge is -2.25. The van der Waals surface area contributed by atoms with Crippen LogP contribution in [0.5, 0.6) is 5.75 Å². The van der Waals surface area contributed by atoms with E-state index in [1.807, 2.05) is 0 Å². The zero-order valence-corrected chi connectivity index (χ0v) is 11.0. The highest BCUT2D eigenvalue weighted by Crippen LogP contribution is 2.31. The lowest BCUT2D eigenvalue weighted by atomic mass is 9.98. The molecule has 0 heterocycles. The Labute approximate surface area is 110 Å². The van der Waals surface area contributed by atoms with Crippen molar-refractivity contribution in [3.05, 3.63) is 28.3 Å². The Morgan fingerprint density at radius 1 is 1.58 bits per heavy atom. The van der Waals surface area contributed by atoms with Crippen LogP contribution in [0.25, 0.3) is 0 Å². The summed E-state index contributed by atoms with van der Waals surface area (Å²) < 4.78 is 4.92. The molecule has 0 amide bonds. The van der Waals surface area contributed by atoms with E-state index in [9.17, 15) is 14.9 Å². The molecule has 0 radical (unpaired) electrons. The van der Waals surface area contributed by atoms with E-state index < -0.39 is 16.4 Å². The Morgan fingerprint density at radius 3 is 2.63 bits per heavy atom. The van der Waals surface area contributed by atoms with Gasteiger partial charge < -0.3 is 15.2 Å². The number of ether oxygens (including phenoxy) is 1. The molecular weight excluding hydrogens is 252 g/mol. The molecule has 19 heavy (non-hydrogen) atoms. The molecule has 0 saturated carbocycles. The summed E-state index contributed by atoms with van der Waals surface area (Å²) in [6.07, 6.45) is 0.283. The van der Waals surface area contributed by atoms with E-state index in [2.05, 4.69) is 5.32 Å². The number of carboxylic acids is 1. The third-order valence-electron chi connectivity index (χ3n) is 2.99. The molecule has 0 spiro atoms. The van der Waals surface area contributed by atoms with Gasteiger partial charge in [0.05, 0.1) is 18.1 Å². The van der Waals surface area contributed by atoms with E-state index in [0.717, 1.165) is 0 Å². The summed E-state index contributed by atoms with van der Waals surface area (Å²) in [5, 5.41) is 22.9. The van der Waals surface area contributed by atoms with Gasteiger partial charge >= 0.3 is 5.97 Å². The van der Waals surface area contributed by atoms with Crippen molar-refractivity contribution >= 4 is 17.3 Å². The molecular formula is C12H16N2O5. The van der Waals surface area contributed by atoms with Gasteiger partial charge in [0, 0.05) is 0 Å². The summed E-state index contributed by atoms with van der Waals surface area (Å²) in [4.78, 5) is 21.6. The van der Waals surface area contributed by atoms with Crippen LogP contribution in [0.4, 0.5) is 11.4 Å². The highest BCUT2D eigenvalue weighted by atomic mass is 16.6. The number of rotatable bonds is 6. The monoisotopic (exact) mass is 268 g/mol. The zero-order valence-electron chi connectivity index (χ0n) is 11.0. The molecule has 1 aromatic rings. The highest BCUT2D eigenvalue weighted by Gasteiger charge is 2.33. The first-order chi connectivity index (χ1) is 8.84. The van der Waals surface area contributed by atoms with Crippen LogP contribution < -0.4 is 10.1 Å².